The maximum absolute atomic E-state index is 13.4. The molecule has 32 heavy (non-hydrogen) atoms. The van der Waals surface area contributed by atoms with Crippen LogP contribution in [-0.2, 0) is 38.1 Å². The van der Waals surface area contributed by atoms with Crippen molar-refractivity contribution in [3.05, 3.63) is 12.2 Å². The number of ether oxygens (including phenoxy) is 4. The van der Waals surface area contributed by atoms with E-state index in [2.05, 4.69) is 6.58 Å². The van der Waals surface area contributed by atoms with E-state index in [4.69, 9.17) is 18.9 Å². The van der Waals surface area contributed by atoms with Crippen molar-refractivity contribution in [1.29, 1.82) is 0 Å². The summed E-state index contributed by atoms with van der Waals surface area (Å²) >= 11 is 0. The van der Waals surface area contributed by atoms with Gasteiger partial charge >= 0.3 is 17.9 Å². The third-order valence-electron chi connectivity index (χ3n) is 9.05. The summed E-state index contributed by atoms with van der Waals surface area (Å²) in [6.07, 6.45) is 1.79. The molecule has 0 amide bonds. The number of Topliss-reactive ketones (excluding diaryl/α,β-unsaturated/α-hetero) is 1. The van der Waals surface area contributed by atoms with Gasteiger partial charge in [-0.3, -0.25) is 19.2 Å². The summed E-state index contributed by atoms with van der Waals surface area (Å²) < 4.78 is 23.1. The van der Waals surface area contributed by atoms with Crippen molar-refractivity contribution in [2.45, 2.75) is 65.3 Å². The molecule has 3 aliphatic carbocycles. The van der Waals surface area contributed by atoms with E-state index in [1.807, 2.05) is 6.92 Å². The molecule has 0 radical (unpaired) electrons. The Labute approximate surface area is 187 Å². The molecule has 0 aromatic carbocycles. The first-order chi connectivity index (χ1) is 15.1. The number of ketones is 1. The average molecular weight is 446 g/mol. The second-order valence-corrected chi connectivity index (χ2v) is 10.6. The van der Waals surface area contributed by atoms with Crippen molar-refractivity contribution < 1.29 is 38.1 Å². The summed E-state index contributed by atoms with van der Waals surface area (Å²) in [5, 5.41) is 0. The van der Waals surface area contributed by atoms with E-state index in [1.165, 1.54) is 13.8 Å². The number of hydrogen-bond acceptors (Lipinski definition) is 8. The van der Waals surface area contributed by atoms with Crippen LogP contribution in [0.1, 0.15) is 52.9 Å². The lowest BCUT2D eigenvalue weighted by atomic mass is 9.44. The highest BCUT2D eigenvalue weighted by atomic mass is 16.7. The number of carbonyl (C=O) groups excluding carboxylic acids is 4. The van der Waals surface area contributed by atoms with Crippen LogP contribution >= 0.6 is 0 Å². The third-order valence-corrected chi connectivity index (χ3v) is 9.05. The highest BCUT2D eigenvalue weighted by Gasteiger charge is 2.75. The quantitative estimate of drug-likeness (QED) is 0.275. The molecule has 2 bridgehead atoms. The zero-order chi connectivity index (χ0) is 23.1. The monoisotopic (exact) mass is 446 g/mol. The molecular weight excluding hydrogens is 416 g/mol. The van der Waals surface area contributed by atoms with E-state index in [9.17, 15) is 19.2 Å². The first-order valence-corrected chi connectivity index (χ1v) is 11.4. The molecule has 5 fully saturated rings. The van der Waals surface area contributed by atoms with Crippen molar-refractivity contribution >= 4 is 23.7 Å². The topological polar surface area (TPSA) is 105 Å². The van der Waals surface area contributed by atoms with Gasteiger partial charge in [0.15, 0.2) is 5.78 Å². The Kier molecular flexibility index (Phi) is 4.65. The first-order valence-electron chi connectivity index (χ1n) is 11.4. The molecule has 0 unspecified atom stereocenters. The lowest BCUT2D eigenvalue weighted by Crippen LogP contribution is -2.66. The smallest absolute Gasteiger partial charge is 0.320 e. The molecule has 5 aliphatic rings. The lowest BCUT2D eigenvalue weighted by molar-refractivity contribution is -0.241. The molecule has 8 heteroatoms. The molecule has 5 rings (SSSR count). The van der Waals surface area contributed by atoms with E-state index < -0.39 is 40.6 Å². The SMILES string of the molecule is C=C1C(=O)[C@]23C[C@H]1CC[C@H]2[C@@]1(CC[C@H](OC(C)=O)[C@@]2(C)CO[C@H](OC(C)=O)[C@H]21)COC3=O. The molecule has 2 heterocycles. The molecule has 174 valence electrons. The number of carbonyl (C=O) groups is 4. The maximum atomic E-state index is 13.4. The van der Waals surface area contributed by atoms with Gasteiger partial charge in [0.1, 0.15) is 11.5 Å². The second-order valence-electron chi connectivity index (χ2n) is 10.6. The number of allylic oxidation sites excluding steroid dienone is 1. The van der Waals surface area contributed by atoms with Gasteiger partial charge in [-0.2, -0.15) is 0 Å². The molecule has 0 N–H and O–H groups in total. The van der Waals surface area contributed by atoms with Crippen molar-refractivity contribution in [3.8, 4) is 0 Å². The van der Waals surface area contributed by atoms with Gasteiger partial charge in [0, 0.05) is 30.6 Å². The second kappa shape index (κ2) is 6.89. The predicted octanol–water partition coefficient (Wildman–Crippen LogP) is 2.34. The van der Waals surface area contributed by atoms with Gasteiger partial charge in [0.2, 0.25) is 6.29 Å². The summed E-state index contributed by atoms with van der Waals surface area (Å²) in [6.45, 7) is 9.07. The minimum Gasteiger partial charge on any atom is -0.464 e. The van der Waals surface area contributed by atoms with E-state index in [-0.39, 0.29) is 42.7 Å². The van der Waals surface area contributed by atoms with Gasteiger partial charge in [-0.25, -0.2) is 0 Å². The highest BCUT2D eigenvalue weighted by molar-refractivity contribution is 6.15. The standard InChI is InChI=1S/C24H30O8/c1-12-15-5-6-16-23(11-30-21(28)24(16,9-15)19(12)27)8-7-17(31-13(2)25)22(4)10-29-20(18(22)23)32-14(3)26/h15-18,20H,1,5-11H2,2-4H3/t15-,16+,17+,18-,20-,22-,23-,24+/m1/s1. The van der Waals surface area contributed by atoms with Crippen molar-refractivity contribution in [3.63, 3.8) is 0 Å². The van der Waals surface area contributed by atoms with Crippen LogP contribution in [0.25, 0.3) is 0 Å². The van der Waals surface area contributed by atoms with Gasteiger partial charge < -0.3 is 18.9 Å². The Morgan fingerprint density at radius 2 is 1.78 bits per heavy atom. The largest absolute Gasteiger partial charge is 0.464 e. The fraction of sp³-hybridized carbons (Fsp3) is 0.750. The number of hydrogen-bond donors (Lipinski definition) is 0. The molecule has 2 aliphatic heterocycles. The summed E-state index contributed by atoms with van der Waals surface area (Å²) in [5.41, 5.74) is -1.97. The molecular formula is C24H30O8. The fourth-order valence-electron chi connectivity index (χ4n) is 7.87. The Bertz CT molecular complexity index is 925. The van der Waals surface area contributed by atoms with Crippen LogP contribution in [0.4, 0.5) is 0 Å². The van der Waals surface area contributed by atoms with Crippen LogP contribution in [0, 0.1) is 34.0 Å². The Morgan fingerprint density at radius 1 is 1.06 bits per heavy atom. The van der Waals surface area contributed by atoms with Gasteiger partial charge in [0.05, 0.1) is 13.2 Å². The van der Waals surface area contributed by atoms with Crippen LogP contribution in [-0.4, -0.2) is 49.3 Å². The van der Waals surface area contributed by atoms with E-state index in [1.54, 1.807) is 0 Å². The van der Waals surface area contributed by atoms with Crippen molar-refractivity contribution in [2.24, 2.45) is 34.0 Å². The molecule has 0 aromatic rings. The summed E-state index contributed by atoms with van der Waals surface area (Å²) in [7, 11) is 0. The Balaban J connectivity index is 1.63. The predicted molar refractivity (Wildman–Crippen MR) is 109 cm³/mol. The average Bonchev–Trinajstić information content (AvgIpc) is 3.16. The maximum Gasteiger partial charge on any atom is 0.320 e. The van der Waals surface area contributed by atoms with Crippen molar-refractivity contribution in [2.75, 3.05) is 13.2 Å². The van der Waals surface area contributed by atoms with Gasteiger partial charge in [-0.1, -0.05) is 13.5 Å². The number of rotatable bonds is 2. The zero-order valence-electron chi connectivity index (χ0n) is 18.8. The summed E-state index contributed by atoms with van der Waals surface area (Å²) in [5.74, 6) is -2.13. The van der Waals surface area contributed by atoms with Crippen LogP contribution in [0.2, 0.25) is 0 Å². The number of esters is 3. The number of fused-ring (bicyclic) bond motifs is 4. The normalized spacial score (nSPS) is 47.0. The van der Waals surface area contributed by atoms with E-state index >= 15 is 0 Å². The fourth-order valence-corrected chi connectivity index (χ4v) is 7.87. The highest BCUT2D eigenvalue weighted by Crippen LogP contribution is 2.70. The molecule has 8 atom stereocenters. The Morgan fingerprint density at radius 3 is 2.47 bits per heavy atom. The van der Waals surface area contributed by atoms with Crippen molar-refractivity contribution in [1.82, 2.24) is 0 Å². The number of cyclic esters (lactones) is 1. The minimum atomic E-state index is -1.23. The van der Waals surface area contributed by atoms with E-state index in [0.717, 1.165) is 6.42 Å². The third kappa shape index (κ3) is 2.59. The Hall–Kier alpha value is -2.22. The molecule has 8 nitrogen and oxygen atoms in total. The molecule has 0 aromatic heterocycles. The van der Waals surface area contributed by atoms with Crippen LogP contribution < -0.4 is 0 Å². The molecule has 3 saturated carbocycles. The lowest BCUT2D eigenvalue weighted by Gasteiger charge is -2.61. The van der Waals surface area contributed by atoms with E-state index in [0.29, 0.717) is 31.3 Å². The minimum absolute atomic E-state index is 0.00862. The summed E-state index contributed by atoms with van der Waals surface area (Å²) in [6, 6.07) is 0. The van der Waals surface area contributed by atoms with Crippen LogP contribution in [0.3, 0.4) is 0 Å². The molecule has 2 saturated heterocycles. The van der Waals surface area contributed by atoms with Crippen LogP contribution in [0.15, 0.2) is 12.2 Å². The first kappa shape index (κ1) is 21.6. The van der Waals surface area contributed by atoms with Gasteiger partial charge in [-0.05, 0) is 49.5 Å². The zero-order valence-corrected chi connectivity index (χ0v) is 18.8. The van der Waals surface area contributed by atoms with Crippen LogP contribution in [0.5, 0.6) is 0 Å². The molecule has 2 spiro atoms. The van der Waals surface area contributed by atoms with Gasteiger partial charge in [-0.15, -0.1) is 0 Å². The van der Waals surface area contributed by atoms with Gasteiger partial charge in [0.25, 0.3) is 0 Å². The summed E-state index contributed by atoms with van der Waals surface area (Å²) in [4.78, 5) is 50.4.